The lowest BCUT2D eigenvalue weighted by molar-refractivity contribution is -0.132. The third-order valence-electron chi connectivity index (χ3n) is 1.85. The number of nitrogens with zero attached hydrogens (tertiary/aromatic N) is 2. The number of carbonyl (C=O) groups is 2. The van der Waals surface area contributed by atoms with E-state index in [9.17, 15) is 9.59 Å². The Hall–Kier alpha value is -1.28. The Morgan fingerprint density at radius 2 is 1.39 bits per heavy atom. The minimum Gasteiger partial charge on any atom is -0.398 e. The lowest BCUT2D eigenvalue weighted by atomic mass is 10.5. The summed E-state index contributed by atoms with van der Waals surface area (Å²) >= 11 is 2.73. The van der Waals surface area contributed by atoms with E-state index >= 15 is 0 Å². The number of ether oxygens (including phenoxy) is 2. The number of hydrogen-bond donors (Lipinski definition) is 0. The second-order valence-corrected chi connectivity index (χ2v) is 5.26. The van der Waals surface area contributed by atoms with E-state index in [1.807, 2.05) is 0 Å². The maximum atomic E-state index is 11.3. The van der Waals surface area contributed by atoms with Gasteiger partial charge in [0, 0.05) is 23.7 Å². The van der Waals surface area contributed by atoms with Crippen molar-refractivity contribution in [1.82, 2.24) is 0 Å². The molecule has 18 heavy (non-hydrogen) atoms. The van der Waals surface area contributed by atoms with Crippen LogP contribution < -0.4 is 0 Å². The fraction of sp³-hybridized carbons (Fsp3) is 0.400. The highest BCUT2D eigenvalue weighted by molar-refractivity contribution is 8.14. The first-order valence-corrected chi connectivity index (χ1v) is 7.17. The molecule has 0 aromatic heterocycles. The number of thioether (sulfide) groups is 2. The Morgan fingerprint density at radius 1 is 0.944 bits per heavy atom. The van der Waals surface area contributed by atoms with Crippen molar-refractivity contribution in [3.8, 4) is 0 Å². The van der Waals surface area contributed by atoms with E-state index in [1.54, 1.807) is 0 Å². The fourth-order valence-corrected chi connectivity index (χ4v) is 2.49. The molecule has 2 aliphatic heterocycles. The van der Waals surface area contributed by atoms with Gasteiger partial charge in [0.2, 0.25) is 0 Å². The van der Waals surface area contributed by atoms with E-state index in [0.29, 0.717) is 23.5 Å². The molecule has 6 nitrogen and oxygen atoms in total. The number of hydrogen-bond acceptors (Lipinski definition) is 8. The third kappa shape index (κ3) is 4.19. The van der Waals surface area contributed by atoms with Gasteiger partial charge in [0.15, 0.2) is 0 Å². The molecule has 0 fully saturated rings. The lowest BCUT2D eigenvalue weighted by Gasteiger charge is -1.99. The van der Waals surface area contributed by atoms with Gasteiger partial charge in [0.05, 0.1) is 13.1 Å². The molecule has 0 N–H and O–H groups in total. The minimum atomic E-state index is -0.638. The van der Waals surface area contributed by atoms with Gasteiger partial charge < -0.3 is 9.47 Å². The number of esters is 2. The van der Waals surface area contributed by atoms with Crippen molar-refractivity contribution in [2.75, 3.05) is 24.6 Å². The molecule has 0 spiro atoms. The van der Waals surface area contributed by atoms with Crippen LogP contribution in [0.25, 0.3) is 0 Å². The molecule has 0 aromatic rings. The molecule has 0 bridgehead atoms. The average molecular weight is 286 g/mol. The van der Waals surface area contributed by atoms with Crippen LogP contribution in [-0.2, 0) is 19.1 Å². The lowest BCUT2D eigenvalue weighted by Crippen LogP contribution is -2.08. The quantitative estimate of drug-likeness (QED) is 0.553. The topological polar surface area (TPSA) is 77.3 Å². The largest absolute Gasteiger partial charge is 0.398 e. The molecule has 2 heterocycles. The first-order valence-electron chi connectivity index (χ1n) is 5.20. The summed E-state index contributed by atoms with van der Waals surface area (Å²) in [6.45, 7) is 1.30. The summed E-state index contributed by atoms with van der Waals surface area (Å²) < 4.78 is 9.75. The number of aliphatic imine (C=N–C) groups is 2. The zero-order valence-corrected chi connectivity index (χ0v) is 11.0. The summed E-state index contributed by atoms with van der Waals surface area (Å²) in [5.41, 5.74) is 0. The summed E-state index contributed by atoms with van der Waals surface area (Å²) in [7, 11) is 0. The highest BCUT2D eigenvalue weighted by Crippen LogP contribution is 2.13. The van der Waals surface area contributed by atoms with Crippen molar-refractivity contribution in [2.45, 2.75) is 0 Å². The van der Waals surface area contributed by atoms with Gasteiger partial charge in [-0.15, -0.1) is 0 Å². The summed E-state index contributed by atoms with van der Waals surface area (Å²) in [4.78, 5) is 30.5. The number of rotatable bonds is 2. The van der Waals surface area contributed by atoms with Crippen molar-refractivity contribution in [1.29, 1.82) is 0 Å². The van der Waals surface area contributed by atoms with Crippen LogP contribution in [0.4, 0.5) is 0 Å². The number of carbonyl (C=O) groups excluding carboxylic acids is 2. The van der Waals surface area contributed by atoms with E-state index in [-0.39, 0.29) is 0 Å². The predicted octanol–water partition coefficient (Wildman–Crippen LogP) is 0.835. The van der Waals surface area contributed by atoms with E-state index in [4.69, 9.17) is 9.47 Å². The Morgan fingerprint density at radius 3 is 1.72 bits per heavy atom. The second kappa shape index (κ2) is 6.60. The molecular weight excluding hydrogens is 276 g/mol. The van der Waals surface area contributed by atoms with Crippen LogP contribution in [0.2, 0.25) is 0 Å². The maximum Gasteiger partial charge on any atom is 0.338 e. The summed E-state index contributed by atoms with van der Waals surface area (Å²) in [6, 6.07) is 0. The Bertz CT molecular complexity index is 405. The molecular formula is C10H10N2O4S2. The Labute approximate surface area is 112 Å². The smallest absolute Gasteiger partial charge is 0.338 e. The normalized spacial score (nSPS) is 18.7. The second-order valence-electron chi connectivity index (χ2n) is 3.17. The molecule has 96 valence electrons. The van der Waals surface area contributed by atoms with Gasteiger partial charge in [-0.05, 0) is 0 Å². The van der Waals surface area contributed by atoms with Crippen LogP contribution in [0.1, 0.15) is 0 Å². The van der Waals surface area contributed by atoms with Crippen LogP contribution in [0.15, 0.2) is 22.1 Å². The van der Waals surface area contributed by atoms with Crippen molar-refractivity contribution in [3.05, 3.63) is 12.2 Å². The molecule has 0 unspecified atom stereocenters. The summed E-state index contributed by atoms with van der Waals surface area (Å²) in [6.07, 6.45) is 2.04. The molecule has 0 atom stereocenters. The molecule has 0 aliphatic carbocycles. The molecule has 2 rings (SSSR count). The van der Waals surface area contributed by atoms with E-state index in [0.717, 1.165) is 23.7 Å². The van der Waals surface area contributed by atoms with Gasteiger partial charge in [0.25, 0.3) is 10.5 Å². The minimum absolute atomic E-state index is 0.341. The molecule has 2 aliphatic rings. The van der Waals surface area contributed by atoms with Crippen molar-refractivity contribution in [2.24, 2.45) is 9.98 Å². The van der Waals surface area contributed by atoms with E-state index < -0.39 is 11.9 Å². The van der Waals surface area contributed by atoms with Crippen LogP contribution in [0.3, 0.4) is 0 Å². The van der Waals surface area contributed by atoms with Gasteiger partial charge in [0.1, 0.15) is 0 Å². The van der Waals surface area contributed by atoms with Crippen LogP contribution in [0.5, 0.6) is 0 Å². The van der Waals surface area contributed by atoms with Gasteiger partial charge in [-0.1, -0.05) is 23.5 Å². The highest BCUT2D eigenvalue weighted by atomic mass is 32.2. The van der Waals surface area contributed by atoms with Crippen LogP contribution >= 0.6 is 23.5 Å². The fourth-order valence-electron chi connectivity index (χ4n) is 1.13. The maximum absolute atomic E-state index is 11.3. The van der Waals surface area contributed by atoms with Gasteiger partial charge >= 0.3 is 11.9 Å². The SMILES string of the molecule is O=C(/C=C\C(=O)OC1=NCCS1)OC1=NCCS1. The summed E-state index contributed by atoms with van der Waals surface area (Å²) in [5.74, 6) is 0.346. The first kappa shape index (κ1) is 13.2. The van der Waals surface area contributed by atoms with Crippen LogP contribution in [-0.4, -0.2) is 47.0 Å². The zero-order chi connectivity index (χ0) is 12.8. The average Bonchev–Trinajstić information content (AvgIpc) is 2.99. The predicted molar refractivity (Wildman–Crippen MR) is 70.8 cm³/mol. The molecule has 8 heteroatoms. The highest BCUT2D eigenvalue weighted by Gasteiger charge is 2.13. The van der Waals surface area contributed by atoms with Crippen molar-refractivity contribution < 1.29 is 19.1 Å². The summed E-state index contributed by atoms with van der Waals surface area (Å²) in [5, 5.41) is 0.683. The first-order chi connectivity index (χ1) is 8.74. The Balaban J connectivity index is 1.75. The van der Waals surface area contributed by atoms with Crippen molar-refractivity contribution in [3.63, 3.8) is 0 Å². The van der Waals surface area contributed by atoms with Gasteiger partial charge in [-0.2, -0.15) is 0 Å². The third-order valence-corrected chi connectivity index (χ3v) is 3.54. The molecule has 0 aromatic carbocycles. The van der Waals surface area contributed by atoms with E-state index in [1.165, 1.54) is 23.5 Å². The molecule has 0 radical (unpaired) electrons. The molecule has 0 saturated carbocycles. The zero-order valence-electron chi connectivity index (χ0n) is 9.33. The van der Waals surface area contributed by atoms with Crippen LogP contribution in [0, 0.1) is 0 Å². The molecule has 0 saturated heterocycles. The standard InChI is InChI=1S/C10H10N2O4S2/c13-7(15-9-11-3-5-17-9)1-2-8(14)16-10-12-4-6-18-10/h1-2H,3-6H2/b2-1-. The van der Waals surface area contributed by atoms with Gasteiger partial charge in [-0.25, -0.2) is 19.6 Å². The van der Waals surface area contributed by atoms with E-state index in [2.05, 4.69) is 9.98 Å². The monoisotopic (exact) mass is 286 g/mol. The molecule has 0 amide bonds. The van der Waals surface area contributed by atoms with Gasteiger partial charge in [-0.3, -0.25) is 0 Å². The Kier molecular flexibility index (Phi) is 4.82. The van der Waals surface area contributed by atoms with Crippen molar-refractivity contribution >= 4 is 45.9 Å².